The number of unbranched alkanes of at least 4 members (excludes halogenated alkanes) is 1. The number of aliphatic imine (C=N–C) groups is 1. The van der Waals surface area contributed by atoms with Crippen molar-refractivity contribution in [2.45, 2.75) is 90.2 Å². The summed E-state index contributed by atoms with van der Waals surface area (Å²) in [5, 5.41) is 3.02. The van der Waals surface area contributed by atoms with Crippen LogP contribution in [0, 0.1) is 20.8 Å². The third-order valence-corrected chi connectivity index (χ3v) is 8.31. The summed E-state index contributed by atoms with van der Waals surface area (Å²) in [5.41, 5.74) is 9.78. The van der Waals surface area contributed by atoms with E-state index >= 15 is 0 Å². The maximum absolute atomic E-state index is 13.2. The lowest BCUT2D eigenvalue weighted by molar-refractivity contribution is -0.121. The summed E-state index contributed by atoms with van der Waals surface area (Å²) in [4.78, 5) is 16.6. The predicted octanol–water partition coefficient (Wildman–Crippen LogP) is 3.84. The van der Waals surface area contributed by atoms with Gasteiger partial charge >= 0.3 is 0 Å². The monoisotopic (exact) mass is 528 g/mol. The maximum Gasteiger partial charge on any atom is 0.264 e. The third-order valence-electron chi connectivity index (χ3n) is 6.69. The van der Waals surface area contributed by atoms with Crippen molar-refractivity contribution >= 4 is 21.9 Å². The average Bonchev–Trinajstić information content (AvgIpc) is 3.13. The minimum absolute atomic E-state index is 0.00817. The van der Waals surface area contributed by atoms with Crippen LogP contribution in [0.1, 0.15) is 67.9 Å². The van der Waals surface area contributed by atoms with E-state index in [4.69, 9.17) is 10.5 Å². The molecule has 1 aliphatic rings. The number of rotatable bonds is 10. The van der Waals surface area contributed by atoms with E-state index in [-0.39, 0.29) is 28.4 Å². The zero-order valence-corrected chi connectivity index (χ0v) is 23.6. The standard InChI is InChI=1S/C28H40N4O4S/c1-18(16-22-12-8-7-9-13-22)31-24(33)14-10-11-15-30-27(29)32-37(34,35)26-20(3)19(2)25-23(21(26)4)17-28(5,6)36-25/h7-9,12-13,18H,10-11,14-17H2,1-6H3,(H,31,33)(H3,29,30,32). The Bertz CT molecular complexity index is 1270. The number of guanidine groups is 1. The van der Waals surface area contributed by atoms with Gasteiger partial charge in [-0.25, -0.2) is 13.1 Å². The van der Waals surface area contributed by atoms with Gasteiger partial charge in [0.05, 0.1) is 4.90 Å². The van der Waals surface area contributed by atoms with Crippen LogP contribution >= 0.6 is 0 Å². The molecule has 2 aromatic rings. The van der Waals surface area contributed by atoms with Crippen LogP contribution < -0.4 is 20.5 Å². The second kappa shape index (κ2) is 11.5. The number of nitrogens with one attached hydrogen (secondary N) is 2. The van der Waals surface area contributed by atoms with E-state index in [9.17, 15) is 13.2 Å². The van der Waals surface area contributed by atoms with Gasteiger partial charge in [-0.15, -0.1) is 0 Å². The number of fused-ring (bicyclic) bond motifs is 1. The van der Waals surface area contributed by atoms with Gasteiger partial charge in [-0.3, -0.25) is 9.79 Å². The molecule has 0 spiro atoms. The normalized spacial score (nSPS) is 15.6. The van der Waals surface area contributed by atoms with Crippen molar-refractivity contribution in [3.05, 3.63) is 58.1 Å². The van der Waals surface area contributed by atoms with Crippen molar-refractivity contribution in [1.82, 2.24) is 10.0 Å². The molecule has 37 heavy (non-hydrogen) atoms. The molecule has 2 aromatic carbocycles. The van der Waals surface area contributed by atoms with Crippen LogP contribution in [0.3, 0.4) is 0 Å². The number of benzene rings is 2. The third kappa shape index (κ3) is 7.25. The molecular weight excluding hydrogens is 488 g/mol. The summed E-state index contributed by atoms with van der Waals surface area (Å²) < 4.78 is 35.0. The van der Waals surface area contributed by atoms with Crippen molar-refractivity contribution in [1.29, 1.82) is 0 Å². The Labute approximate surface area is 221 Å². The maximum atomic E-state index is 13.2. The molecule has 202 valence electrons. The van der Waals surface area contributed by atoms with Gasteiger partial charge in [0, 0.05) is 31.0 Å². The average molecular weight is 529 g/mol. The van der Waals surface area contributed by atoms with Gasteiger partial charge in [-0.2, -0.15) is 0 Å². The summed E-state index contributed by atoms with van der Waals surface area (Å²) in [5.74, 6) is 0.611. The second-order valence-corrected chi connectivity index (χ2v) is 12.2. The largest absolute Gasteiger partial charge is 0.487 e. The first-order valence-corrected chi connectivity index (χ1v) is 14.3. The molecule has 3 rings (SSSR count). The van der Waals surface area contributed by atoms with Crippen LogP contribution in [0.2, 0.25) is 0 Å². The highest BCUT2D eigenvalue weighted by molar-refractivity contribution is 7.90. The number of ether oxygens (including phenoxy) is 1. The van der Waals surface area contributed by atoms with Gasteiger partial charge in [0.2, 0.25) is 11.9 Å². The molecule has 1 aliphatic heterocycles. The number of nitrogens with two attached hydrogens (primary N) is 1. The Hall–Kier alpha value is -3.07. The van der Waals surface area contributed by atoms with Crippen molar-refractivity contribution in [2.24, 2.45) is 10.7 Å². The SMILES string of the molecule is Cc1c(C)c(S(=O)(=O)NC(N)=NCCCCC(=O)NC(C)Cc2ccccc2)c(C)c2c1OC(C)(C)C2. The molecule has 0 aliphatic carbocycles. The van der Waals surface area contributed by atoms with Gasteiger partial charge in [0.25, 0.3) is 10.0 Å². The van der Waals surface area contributed by atoms with Crippen molar-refractivity contribution in [3.63, 3.8) is 0 Å². The first kappa shape index (κ1) is 28.5. The smallest absolute Gasteiger partial charge is 0.264 e. The van der Waals surface area contributed by atoms with Crippen LogP contribution in [0.15, 0.2) is 40.2 Å². The molecule has 0 fully saturated rings. The Balaban J connectivity index is 1.51. The molecule has 0 saturated carbocycles. The molecular formula is C28H40N4O4S. The first-order chi connectivity index (χ1) is 17.3. The first-order valence-electron chi connectivity index (χ1n) is 12.8. The summed E-state index contributed by atoms with van der Waals surface area (Å²) in [7, 11) is -3.92. The number of amides is 1. The number of carbonyl (C=O) groups is 1. The lowest BCUT2D eigenvalue weighted by Gasteiger charge is -2.19. The molecule has 1 amide bonds. The van der Waals surface area contributed by atoms with Crippen molar-refractivity contribution in [3.8, 4) is 5.75 Å². The Morgan fingerprint density at radius 1 is 1.11 bits per heavy atom. The summed E-state index contributed by atoms with van der Waals surface area (Å²) in [6.07, 6.45) is 3.04. The molecule has 8 nitrogen and oxygen atoms in total. The van der Waals surface area contributed by atoms with Crippen LogP contribution in [0.5, 0.6) is 5.75 Å². The van der Waals surface area contributed by atoms with Crippen LogP contribution in [-0.2, 0) is 27.7 Å². The number of carbonyl (C=O) groups excluding carboxylic acids is 1. The van der Waals surface area contributed by atoms with Gasteiger partial charge in [-0.1, -0.05) is 30.3 Å². The van der Waals surface area contributed by atoms with Crippen molar-refractivity contribution < 1.29 is 17.9 Å². The second-order valence-electron chi connectivity index (χ2n) is 10.5. The molecule has 9 heteroatoms. The van der Waals surface area contributed by atoms with E-state index < -0.39 is 10.0 Å². The molecule has 1 atom stereocenters. The van der Waals surface area contributed by atoms with E-state index in [1.165, 1.54) is 5.56 Å². The quantitative estimate of drug-likeness (QED) is 0.246. The topological polar surface area (TPSA) is 123 Å². The molecule has 1 heterocycles. The van der Waals surface area contributed by atoms with E-state index in [2.05, 4.69) is 15.0 Å². The summed E-state index contributed by atoms with van der Waals surface area (Å²) in [6, 6.07) is 10.1. The highest BCUT2D eigenvalue weighted by Gasteiger charge is 2.36. The Morgan fingerprint density at radius 3 is 2.46 bits per heavy atom. The fourth-order valence-corrected chi connectivity index (χ4v) is 6.36. The number of hydrogen-bond donors (Lipinski definition) is 3. The lowest BCUT2D eigenvalue weighted by Crippen LogP contribution is -2.37. The van der Waals surface area contributed by atoms with Crippen LogP contribution in [0.4, 0.5) is 0 Å². The highest BCUT2D eigenvalue weighted by Crippen LogP contribution is 2.43. The number of nitrogens with zero attached hydrogens (tertiary/aromatic N) is 1. The molecule has 0 radical (unpaired) electrons. The van der Waals surface area contributed by atoms with E-state index in [1.807, 2.05) is 65.0 Å². The molecule has 1 unspecified atom stereocenters. The molecule has 0 aromatic heterocycles. The Morgan fingerprint density at radius 2 is 1.78 bits per heavy atom. The van der Waals surface area contributed by atoms with Gasteiger partial charge in [-0.05, 0) is 83.1 Å². The highest BCUT2D eigenvalue weighted by atomic mass is 32.2. The van der Waals surface area contributed by atoms with E-state index in [1.54, 1.807) is 6.92 Å². The minimum Gasteiger partial charge on any atom is -0.487 e. The zero-order chi connectivity index (χ0) is 27.4. The van der Waals surface area contributed by atoms with Gasteiger partial charge in [0.1, 0.15) is 11.4 Å². The zero-order valence-electron chi connectivity index (χ0n) is 22.8. The lowest BCUT2D eigenvalue weighted by atomic mass is 9.94. The Kier molecular flexibility index (Phi) is 8.89. The minimum atomic E-state index is -3.92. The van der Waals surface area contributed by atoms with Crippen molar-refractivity contribution in [2.75, 3.05) is 6.54 Å². The molecule has 0 saturated heterocycles. The molecule has 0 bridgehead atoms. The fraction of sp³-hybridized carbons (Fsp3) is 0.500. The number of sulfonamides is 1. The van der Waals surface area contributed by atoms with E-state index in [0.29, 0.717) is 43.4 Å². The fourth-order valence-electron chi connectivity index (χ4n) is 4.83. The van der Waals surface area contributed by atoms with Gasteiger partial charge < -0.3 is 15.8 Å². The molecule has 4 N–H and O–H groups in total. The van der Waals surface area contributed by atoms with Crippen LogP contribution in [0.25, 0.3) is 0 Å². The number of hydrogen-bond acceptors (Lipinski definition) is 5. The summed E-state index contributed by atoms with van der Waals surface area (Å²) in [6.45, 7) is 11.8. The van der Waals surface area contributed by atoms with E-state index in [0.717, 1.165) is 23.3 Å². The predicted molar refractivity (Wildman–Crippen MR) is 147 cm³/mol. The van der Waals surface area contributed by atoms with Crippen LogP contribution in [-0.4, -0.2) is 38.5 Å². The van der Waals surface area contributed by atoms with Gasteiger partial charge in [0.15, 0.2) is 0 Å². The summed E-state index contributed by atoms with van der Waals surface area (Å²) >= 11 is 0.